The van der Waals surface area contributed by atoms with Crippen LogP contribution < -0.4 is 0 Å². The smallest absolute Gasteiger partial charge is 0.171 e. The van der Waals surface area contributed by atoms with Gasteiger partial charge in [-0.1, -0.05) is 60.3 Å². The standard InChI is InChI=1S/C24H25NO2S/c26-22-17-19-12-15-25(14-11-18-7-3-1-4-8-18)16-13-21(19)24(23(22)27)28-20-9-5-2-6-10-20/h1-10,17,26-27H,11-16H2. The van der Waals surface area contributed by atoms with Gasteiger partial charge in [-0.3, -0.25) is 0 Å². The van der Waals surface area contributed by atoms with Crippen LogP contribution in [0.3, 0.4) is 0 Å². The molecule has 0 spiro atoms. The molecule has 4 heteroatoms. The zero-order valence-corrected chi connectivity index (χ0v) is 16.7. The second kappa shape index (κ2) is 8.72. The lowest BCUT2D eigenvalue weighted by molar-refractivity contribution is 0.291. The van der Waals surface area contributed by atoms with Crippen molar-refractivity contribution in [3.63, 3.8) is 0 Å². The molecule has 3 nitrogen and oxygen atoms in total. The van der Waals surface area contributed by atoms with Crippen molar-refractivity contribution in [2.75, 3.05) is 19.6 Å². The van der Waals surface area contributed by atoms with Crippen molar-refractivity contribution in [1.29, 1.82) is 0 Å². The number of hydrogen-bond donors (Lipinski definition) is 2. The number of nitrogens with zero attached hydrogens (tertiary/aromatic N) is 1. The Hall–Kier alpha value is -2.43. The summed E-state index contributed by atoms with van der Waals surface area (Å²) >= 11 is 1.54. The molecule has 0 bridgehead atoms. The number of hydrogen-bond acceptors (Lipinski definition) is 4. The van der Waals surface area contributed by atoms with Gasteiger partial charge in [0, 0.05) is 24.5 Å². The summed E-state index contributed by atoms with van der Waals surface area (Å²) < 4.78 is 0. The lowest BCUT2D eigenvalue weighted by atomic mass is 10.0. The second-order valence-electron chi connectivity index (χ2n) is 7.20. The molecule has 3 aromatic rings. The maximum atomic E-state index is 10.5. The Labute approximate surface area is 170 Å². The van der Waals surface area contributed by atoms with Gasteiger partial charge in [0.2, 0.25) is 0 Å². The summed E-state index contributed by atoms with van der Waals surface area (Å²) in [6, 6.07) is 22.4. The third-order valence-electron chi connectivity index (χ3n) is 5.33. The van der Waals surface area contributed by atoms with Gasteiger partial charge in [-0.2, -0.15) is 0 Å². The molecule has 0 aliphatic carbocycles. The van der Waals surface area contributed by atoms with Crippen LogP contribution in [0.15, 0.2) is 76.5 Å². The first-order chi connectivity index (χ1) is 13.7. The van der Waals surface area contributed by atoms with Gasteiger partial charge in [0.05, 0.1) is 4.90 Å². The highest BCUT2D eigenvalue weighted by atomic mass is 32.2. The fourth-order valence-corrected chi connectivity index (χ4v) is 4.84. The monoisotopic (exact) mass is 391 g/mol. The molecule has 1 aliphatic heterocycles. The molecule has 0 fully saturated rings. The van der Waals surface area contributed by atoms with Crippen LogP contribution in [0.4, 0.5) is 0 Å². The molecule has 144 valence electrons. The minimum atomic E-state index is -0.0186. The molecule has 0 saturated heterocycles. The number of benzene rings is 3. The van der Waals surface area contributed by atoms with E-state index in [-0.39, 0.29) is 11.5 Å². The van der Waals surface area contributed by atoms with Crippen LogP contribution in [0.25, 0.3) is 0 Å². The summed E-state index contributed by atoms with van der Waals surface area (Å²) in [4.78, 5) is 4.35. The van der Waals surface area contributed by atoms with Gasteiger partial charge >= 0.3 is 0 Å². The molecule has 1 heterocycles. The molecule has 28 heavy (non-hydrogen) atoms. The van der Waals surface area contributed by atoms with Gasteiger partial charge in [0.15, 0.2) is 11.5 Å². The lowest BCUT2D eigenvalue weighted by Crippen LogP contribution is -2.28. The van der Waals surface area contributed by atoms with Crippen LogP contribution >= 0.6 is 11.8 Å². The summed E-state index contributed by atoms with van der Waals surface area (Å²) in [6.45, 7) is 2.96. The van der Waals surface area contributed by atoms with Gasteiger partial charge in [0.1, 0.15) is 0 Å². The molecule has 0 unspecified atom stereocenters. The first kappa shape index (κ1) is 18.9. The Morgan fingerprint density at radius 1 is 0.857 bits per heavy atom. The average molecular weight is 392 g/mol. The molecule has 1 aliphatic rings. The maximum Gasteiger partial charge on any atom is 0.171 e. The first-order valence-electron chi connectivity index (χ1n) is 9.76. The quantitative estimate of drug-likeness (QED) is 0.608. The van der Waals surface area contributed by atoms with Crippen LogP contribution in [0.1, 0.15) is 16.7 Å². The normalized spacial score (nSPS) is 14.4. The van der Waals surface area contributed by atoms with Gasteiger partial charge < -0.3 is 15.1 Å². The van der Waals surface area contributed by atoms with Crippen molar-refractivity contribution in [1.82, 2.24) is 4.90 Å². The molecule has 0 radical (unpaired) electrons. The molecule has 0 aromatic heterocycles. The molecule has 2 N–H and O–H groups in total. The van der Waals surface area contributed by atoms with E-state index in [4.69, 9.17) is 0 Å². The Balaban J connectivity index is 1.52. The van der Waals surface area contributed by atoms with E-state index in [0.29, 0.717) is 0 Å². The van der Waals surface area contributed by atoms with Gasteiger partial charge in [-0.05, 0) is 54.2 Å². The van der Waals surface area contributed by atoms with Crippen molar-refractivity contribution in [3.8, 4) is 11.5 Å². The van der Waals surface area contributed by atoms with E-state index in [1.165, 1.54) is 22.9 Å². The summed E-state index contributed by atoms with van der Waals surface area (Å²) in [5.74, 6) is -0.0137. The molecular weight excluding hydrogens is 366 g/mol. The summed E-state index contributed by atoms with van der Waals surface area (Å²) in [6.07, 6.45) is 2.81. The molecule has 3 aromatic carbocycles. The number of fused-ring (bicyclic) bond motifs is 1. The van der Waals surface area contributed by atoms with Gasteiger partial charge in [-0.25, -0.2) is 0 Å². The number of aromatic hydroxyl groups is 2. The Morgan fingerprint density at radius 2 is 1.54 bits per heavy atom. The van der Waals surface area contributed by atoms with Crippen LogP contribution in [0, 0.1) is 0 Å². The van der Waals surface area contributed by atoms with Crippen molar-refractivity contribution < 1.29 is 10.2 Å². The van der Waals surface area contributed by atoms with E-state index in [2.05, 4.69) is 35.2 Å². The number of phenolic OH excluding ortho intramolecular Hbond substituents is 2. The molecule has 0 amide bonds. The van der Waals surface area contributed by atoms with Crippen LogP contribution in [-0.2, 0) is 19.3 Å². The molecule has 0 atom stereocenters. The van der Waals surface area contributed by atoms with E-state index in [9.17, 15) is 10.2 Å². The van der Waals surface area contributed by atoms with Crippen LogP contribution in [-0.4, -0.2) is 34.7 Å². The summed E-state index contributed by atoms with van der Waals surface area (Å²) in [7, 11) is 0. The third-order valence-corrected chi connectivity index (χ3v) is 6.48. The third kappa shape index (κ3) is 4.34. The van der Waals surface area contributed by atoms with E-state index in [0.717, 1.165) is 54.3 Å². The Kier molecular flexibility index (Phi) is 5.89. The van der Waals surface area contributed by atoms with Crippen molar-refractivity contribution in [2.24, 2.45) is 0 Å². The second-order valence-corrected chi connectivity index (χ2v) is 8.29. The largest absolute Gasteiger partial charge is 0.504 e. The minimum Gasteiger partial charge on any atom is -0.504 e. The predicted octanol–water partition coefficient (Wildman–Crippen LogP) is 4.89. The van der Waals surface area contributed by atoms with Gasteiger partial charge in [0.25, 0.3) is 0 Å². The number of phenols is 2. The van der Waals surface area contributed by atoms with Crippen molar-refractivity contribution in [2.45, 2.75) is 29.1 Å². The van der Waals surface area contributed by atoms with Crippen LogP contribution in [0.5, 0.6) is 11.5 Å². The van der Waals surface area contributed by atoms with E-state index >= 15 is 0 Å². The zero-order chi connectivity index (χ0) is 19.3. The molecule has 0 saturated carbocycles. The van der Waals surface area contributed by atoms with E-state index in [1.54, 1.807) is 6.07 Å². The van der Waals surface area contributed by atoms with E-state index in [1.807, 2.05) is 30.3 Å². The number of rotatable bonds is 5. The summed E-state index contributed by atoms with van der Waals surface area (Å²) in [5.41, 5.74) is 3.68. The molecule has 4 rings (SSSR count). The highest BCUT2D eigenvalue weighted by Gasteiger charge is 2.22. The summed E-state index contributed by atoms with van der Waals surface area (Å²) in [5, 5.41) is 20.8. The Morgan fingerprint density at radius 3 is 2.29 bits per heavy atom. The highest BCUT2D eigenvalue weighted by Crippen LogP contribution is 2.44. The van der Waals surface area contributed by atoms with Crippen LogP contribution in [0.2, 0.25) is 0 Å². The average Bonchev–Trinajstić information content (AvgIpc) is 2.93. The van der Waals surface area contributed by atoms with Crippen molar-refractivity contribution in [3.05, 3.63) is 83.4 Å². The fraction of sp³-hybridized carbons (Fsp3) is 0.250. The first-order valence-corrected chi connectivity index (χ1v) is 10.6. The van der Waals surface area contributed by atoms with Gasteiger partial charge in [-0.15, -0.1) is 0 Å². The predicted molar refractivity (Wildman–Crippen MR) is 114 cm³/mol. The lowest BCUT2D eigenvalue weighted by Gasteiger charge is -2.19. The Bertz CT molecular complexity index is 928. The van der Waals surface area contributed by atoms with E-state index < -0.39 is 0 Å². The SMILES string of the molecule is Oc1cc2c(c(Sc3ccccc3)c1O)CCN(CCc1ccccc1)CC2. The minimum absolute atomic E-state index is 0.00494. The topological polar surface area (TPSA) is 43.7 Å². The van der Waals surface area contributed by atoms with Crippen molar-refractivity contribution >= 4 is 11.8 Å². The fourth-order valence-electron chi connectivity index (χ4n) is 3.75. The molecular formula is C24H25NO2S. The zero-order valence-electron chi connectivity index (χ0n) is 15.8. The highest BCUT2D eigenvalue weighted by molar-refractivity contribution is 7.99. The maximum absolute atomic E-state index is 10.5.